The van der Waals surface area contributed by atoms with Gasteiger partial charge in [-0.2, -0.15) is 0 Å². The summed E-state index contributed by atoms with van der Waals surface area (Å²) in [4.78, 5) is 0. The zero-order valence-electron chi connectivity index (χ0n) is 10.8. The Morgan fingerprint density at radius 1 is 1.05 bits per heavy atom. The van der Waals surface area contributed by atoms with Crippen molar-refractivity contribution in [2.24, 2.45) is 0 Å². The number of aliphatic hydroxyl groups excluding tert-OH is 1. The number of rotatable bonds is 6. The Morgan fingerprint density at radius 3 is 2.15 bits per heavy atom. The van der Waals surface area contributed by atoms with Gasteiger partial charge in [0.1, 0.15) is 0 Å². The molecule has 0 bridgehead atoms. The van der Waals surface area contributed by atoms with E-state index in [1.54, 1.807) is 0 Å². The molecule has 0 aliphatic heterocycles. The summed E-state index contributed by atoms with van der Waals surface area (Å²) in [5, 5.41) is 12.7. The molecule has 0 aliphatic carbocycles. The van der Waals surface area contributed by atoms with Crippen LogP contribution in [-0.2, 0) is 0 Å². The van der Waals surface area contributed by atoms with E-state index in [0.29, 0.717) is 6.54 Å². The van der Waals surface area contributed by atoms with Crippen LogP contribution >= 0.6 is 34.2 Å². The number of benzene rings is 2. The van der Waals surface area contributed by atoms with Crippen LogP contribution < -0.4 is 5.32 Å². The van der Waals surface area contributed by atoms with E-state index < -0.39 is 0 Å². The summed E-state index contributed by atoms with van der Waals surface area (Å²) in [5.74, 6) is 1.08. The first-order valence-corrected chi connectivity index (χ1v) is 7.72. The molecular formula is C16H15ClINO. The second kappa shape index (κ2) is 7.98. The van der Waals surface area contributed by atoms with Crippen molar-refractivity contribution < 1.29 is 5.11 Å². The van der Waals surface area contributed by atoms with Gasteiger partial charge in [0.05, 0.1) is 12.5 Å². The van der Waals surface area contributed by atoms with Gasteiger partial charge in [-0.05, 0) is 58.0 Å². The molecule has 0 saturated heterocycles. The molecule has 104 valence electrons. The Bertz CT molecular complexity index is 482. The number of aliphatic hydroxyl groups is 1. The van der Waals surface area contributed by atoms with E-state index in [2.05, 4.69) is 52.2 Å². The van der Waals surface area contributed by atoms with E-state index in [9.17, 15) is 0 Å². The van der Waals surface area contributed by atoms with Gasteiger partial charge in [0, 0.05) is 21.7 Å². The zero-order valence-corrected chi connectivity index (χ0v) is 13.7. The highest BCUT2D eigenvalue weighted by molar-refractivity contribution is 14.1. The quantitative estimate of drug-likeness (QED) is 0.574. The van der Waals surface area contributed by atoms with Crippen molar-refractivity contribution in [3.05, 3.63) is 80.7 Å². The van der Waals surface area contributed by atoms with Crippen molar-refractivity contribution in [1.29, 1.82) is 0 Å². The van der Waals surface area contributed by atoms with Crippen LogP contribution in [0.3, 0.4) is 0 Å². The molecule has 2 radical (unpaired) electrons. The topological polar surface area (TPSA) is 32.3 Å². The summed E-state index contributed by atoms with van der Waals surface area (Å²) < 4.78 is 1.20. The minimum Gasteiger partial charge on any atom is -0.395 e. The highest BCUT2D eigenvalue weighted by atomic mass is 127. The average Bonchev–Trinajstić information content (AvgIpc) is 2.46. The lowest BCUT2D eigenvalue weighted by molar-refractivity contribution is 0.296. The van der Waals surface area contributed by atoms with Crippen LogP contribution in [0.25, 0.3) is 0 Å². The van der Waals surface area contributed by atoms with Gasteiger partial charge in [-0.15, -0.1) is 0 Å². The minimum absolute atomic E-state index is 0.108. The maximum Gasteiger partial charge on any atom is 0.0556 e. The summed E-state index contributed by atoms with van der Waals surface area (Å²) in [6.45, 7) is 2.57. The lowest BCUT2D eigenvalue weighted by Crippen LogP contribution is -2.20. The average molecular weight is 400 g/mol. The molecule has 2 aromatic rings. The summed E-state index contributed by atoms with van der Waals surface area (Å²) in [6.07, 6.45) is 0. The maximum atomic E-state index is 8.88. The van der Waals surface area contributed by atoms with E-state index in [1.165, 1.54) is 3.57 Å². The smallest absolute Gasteiger partial charge is 0.0556 e. The molecule has 0 unspecified atom stereocenters. The van der Waals surface area contributed by atoms with Crippen LogP contribution in [0.5, 0.6) is 0 Å². The molecule has 2 N–H and O–H groups in total. The summed E-state index contributed by atoms with van der Waals surface area (Å²) in [5.41, 5.74) is 2.21. The second-order valence-electron chi connectivity index (χ2n) is 4.25. The van der Waals surface area contributed by atoms with Crippen molar-refractivity contribution in [1.82, 2.24) is 5.32 Å². The van der Waals surface area contributed by atoms with Gasteiger partial charge >= 0.3 is 0 Å². The molecule has 0 aromatic heterocycles. The highest BCUT2D eigenvalue weighted by Gasteiger charge is 2.15. The molecule has 0 heterocycles. The van der Waals surface area contributed by atoms with Crippen LogP contribution in [0.15, 0.2) is 48.5 Å². The van der Waals surface area contributed by atoms with Crippen LogP contribution in [0.1, 0.15) is 11.1 Å². The molecule has 0 spiro atoms. The van der Waals surface area contributed by atoms with E-state index in [0.717, 1.165) is 22.1 Å². The zero-order chi connectivity index (χ0) is 14.4. The van der Waals surface area contributed by atoms with Crippen LogP contribution in [0, 0.1) is 16.0 Å². The first-order valence-electron chi connectivity index (χ1n) is 6.27. The Kier molecular flexibility index (Phi) is 6.29. The predicted octanol–water partition coefficient (Wildman–Crippen LogP) is 3.66. The third kappa shape index (κ3) is 4.45. The van der Waals surface area contributed by atoms with Crippen LogP contribution in [0.4, 0.5) is 0 Å². The molecule has 2 rings (SSSR count). The van der Waals surface area contributed by atoms with Crippen molar-refractivity contribution in [3.8, 4) is 0 Å². The molecule has 0 aliphatic rings. The van der Waals surface area contributed by atoms with Gasteiger partial charge in [-0.1, -0.05) is 35.9 Å². The largest absolute Gasteiger partial charge is 0.395 e. The third-order valence-corrected chi connectivity index (χ3v) is 3.78. The van der Waals surface area contributed by atoms with Crippen molar-refractivity contribution in [3.63, 3.8) is 0 Å². The van der Waals surface area contributed by atoms with E-state index >= 15 is 0 Å². The van der Waals surface area contributed by atoms with Crippen LogP contribution in [0.2, 0.25) is 5.02 Å². The van der Waals surface area contributed by atoms with Crippen molar-refractivity contribution in [2.45, 2.75) is 0 Å². The summed E-state index contributed by atoms with van der Waals surface area (Å²) in [7, 11) is 0. The first-order chi connectivity index (χ1) is 9.70. The van der Waals surface area contributed by atoms with E-state index in [4.69, 9.17) is 16.7 Å². The lowest BCUT2D eigenvalue weighted by Gasteiger charge is -2.17. The maximum absolute atomic E-state index is 8.88. The minimum atomic E-state index is 0.108. The van der Waals surface area contributed by atoms with Crippen molar-refractivity contribution in [2.75, 3.05) is 13.2 Å². The number of hydrogen-bond donors (Lipinski definition) is 2. The number of halogens is 2. The normalized spacial score (nSPS) is 11.0. The molecule has 2 nitrogen and oxygen atoms in total. The number of hydrogen-bond acceptors (Lipinski definition) is 2. The van der Waals surface area contributed by atoms with Gasteiger partial charge in [0.15, 0.2) is 0 Å². The van der Waals surface area contributed by atoms with Crippen molar-refractivity contribution >= 4 is 34.2 Å². The summed E-state index contributed by atoms with van der Waals surface area (Å²) in [6, 6.07) is 16.1. The van der Waals surface area contributed by atoms with Crippen LogP contribution in [-0.4, -0.2) is 18.3 Å². The third-order valence-electron chi connectivity index (χ3n) is 2.81. The molecule has 2 aromatic carbocycles. The fraction of sp³-hybridized carbons (Fsp3) is 0.125. The fourth-order valence-electron chi connectivity index (χ4n) is 1.83. The molecule has 20 heavy (non-hydrogen) atoms. The number of nitrogens with one attached hydrogen (secondary N) is 1. The van der Waals surface area contributed by atoms with Gasteiger partial charge < -0.3 is 10.4 Å². The monoisotopic (exact) mass is 399 g/mol. The Hall–Kier alpha value is -0.620. The fourth-order valence-corrected chi connectivity index (χ4v) is 2.32. The van der Waals surface area contributed by atoms with Gasteiger partial charge in [0.25, 0.3) is 0 Å². The molecule has 0 amide bonds. The molecule has 0 atom stereocenters. The van der Waals surface area contributed by atoms with E-state index in [-0.39, 0.29) is 6.61 Å². The standard InChI is InChI=1S/C16H15ClINO/c17-14-5-1-12(2-6-14)16(11-19-9-10-20)13-3-7-15(18)8-4-13/h1-8,11,19-20H,9-10H2. The first kappa shape index (κ1) is 15.8. The molecule has 0 saturated carbocycles. The SMILES string of the molecule is OCCN[CH][C](c1ccc(Cl)cc1)c1ccc(I)cc1. The highest BCUT2D eigenvalue weighted by Crippen LogP contribution is 2.27. The summed E-state index contributed by atoms with van der Waals surface area (Å²) >= 11 is 8.23. The Labute approximate surface area is 138 Å². The Morgan fingerprint density at radius 2 is 1.60 bits per heavy atom. The van der Waals surface area contributed by atoms with E-state index in [1.807, 2.05) is 30.8 Å². The molecule has 4 heteroatoms. The lowest BCUT2D eigenvalue weighted by atomic mass is 9.91. The van der Waals surface area contributed by atoms with Gasteiger partial charge in [-0.3, -0.25) is 0 Å². The Balaban J connectivity index is 2.23. The second-order valence-corrected chi connectivity index (χ2v) is 5.93. The van der Waals surface area contributed by atoms with Gasteiger partial charge in [0.2, 0.25) is 0 Å². The molecular weight excluding hydrogens is 385 g/mol. The molecule has 0 fully saturated rings. The predicted molar refractivity (Wildman–Crippen MR) is 91.4 cm³/mol. The van der Waals surface area contributed by atoms with Gasteiger partial charge in [-0.25, -0.2) is 0 Å².